The van der Waals surface area contributed by atoms with Crippen molar-refractivity contribution in [3.63, 3.8) is 0 Å². The highest BCUT2D eigenvalue weighted by Crippen LogP contribution is 2.46. The van der Waals surface area contributed by atoms with Crippen LogP contribution in [0.3, 0.4) is 0 Å². The van der Waals surface area contributed by atoms with Gasteiger partial charge in [0.2, 0.25) is 5.91 Å². The SMILES string of the molecule is O=C(O)c1ccc(C2(NC(=O)C3(NCCOc4cccc(Cl)c4)CCOCC3)CC2)cc1. The van der Waals surface area contributed by atoms with Crippen molar-refractivity contribution in [2.75, 3.05) is 26.4 Å². The van der Waals surface area contributed by atoms with Gasteiger partial charge < -0.3 is 19.9 Å². The molecule has 1 saturated heterocycles. The Labute approximate surface area is 192 Å². The molecule has 0 bridgehead atoms. The van der Waals surface area contributed by atoms with Gasteiger partial charge in [-0.05, 0) is 61.6 Å². The van der Waals surface area contributed by atoms with Crippen molar-refractivity contribution in [2.24, 2.45) is 0 Å². The summed E-state index contributed by atoms with van der Waals surface area (Å²) in [7, 11) is 0. The van der Waals surface area contributed by atoms with Crippen molar-refractivity contribution in [3.8, 4) is 5.75 Å². The molecule has 170 valence electrons. The van der Waals surface area contributed by atoms with E-state index >= 15 is 0 Å². The second-order valence-corrected chi connectivity index (χ2v) is 8.78. The van der Waals surface area contributed by atoms with Gasteiger partial charge in [-0.2, -0.15) is 0 Å². The Bertz CT molecular complexity index is 969. The smallest absolute Gasteiger partial charge is 0.335 e. The van der Waals surface area contributed by atoms with Gasteiger partial charge in [0, 0.05) is 24.8 Å². The van der Waals surface area contributed by atoms with Gasteiger partial charge in [-0.15, -0.1) is 0 Å². The highest BCUT2D eigenvalue weighted by molar-refractivity contribution is 6.30. The van der Waals surface area contributed by atoms with Crippen LogP contribution in [-0.4, -0.2) is 48.9 Å². The van der Waals surface area contributed by atoms with Crippen LogP contribution < -0.4 is 15.4 Å². The third kappa shape index (κ3) is 5.06. The molecular weight excluding hydrogens is 432 g/mol. The van der Waals surface area contributed by atoms with E-state index in [0.29, 0.717) is 50.0 Å². The number of carboxylic acids is 1. The Kier molecular flexibility index (Phi) is 6.69. The lowest BCUT2D eigenvalue weighted by Crippen LogP contribution is -2.61. The van der Waals surface area contributed by atoms with Gasteiger partial charge in [-0.25, -0.2) is 4.79 Å². The van der Waals surface area contributed by atoms with Crippen LogP contribution in [0.1, 0.15) is 41.6 Å². The van der Waals surface area contributed by atoms with Crippen molar-refractivity contribution in [1.29, 1.82) is 0 Å². The molecule has 1 aliphatic carbocycles. The molecule has 3 N–H and O–H groups in total. The zero-order valence-corrected chi connectivity index (χ0v) is 18.5. The average Bonchev–Trinajstić information content (AvgIpc) is 3.58. The lowest BCUT2D eigenvalue weighted by molar-refractivity contribution is -0.133. The van der Waals surface area contributed by atoms with E-state index in [9.17, 15) is 9.59 Å². The maximum Gasteiger partial charge on any atom is 0.335 e. The van der Waals surface area contributed by atoms with Crippen LogP contribution in [0.15, 0.2) is 48.5 Å². The Morgan fingerprint density at radius 2 is 1.78 bits per heavy atom. The summed E-state index contributed by atoms with van der Waals surface area (Å²) >= 11 is 5.99. The number of hydrogen-bond donors (Lipinski definition) is 3. The van der Waals surface area contributed by atoms with Crippen LogP contribution in [-0.2, 0) is 15.1 Å². The number of carbonyl (C=O) groups is 2. The minimum atomic E-state index is -0.962. The first-order valence-electron chi connectivity index (χ1n) is 10.8. The average molecular weight is 459 g/mol. The van der Waals surface area contributed by atoms with E-state index in [1.165, 1.54) is 0 Å². The summed E-state index contributed by atoms with van der Waals surface area (Å²) in [4.78, 5) is 24.6. The third-order valence-electron chi connectivity index (χ3n) is 6.20. The first-order valence-corrected chi connectivity index (χ1v) is 11.2. The fraction of sp³-hybridized carbons (Fsp3) is 0.417. The quantitative estimate of drug-likeness (QED) is 0.498. The molecule has 1 heterocycles. The molecule has 32 heavy (non-hydrogen) atoms. The molecule has 0 unspecified atom stereocenters. The maximum atomic E-state index is 13.5. The van der Waals surface area contributed by atoms with Crippen LogP contribution >= 0.6 is 11.6 Å². The highest BCUT2D eigenvalue weighted by Gasteiger charge is 2.50. The lowest BCUT2D eigenvalue weighted by atomic mass is 9.88. The number of amides is 1. The Balaban J connectivity index is 1.39. The molecule has 1 amide bonds. The molecule has 0 atom stereocenters. The van der Waals surface area contributed by atoms with E-state index in [0.717, 1.165) is 18.4 Å². The molecule has 1 saturated carbocycles. The molecule has 2 fully saturated rings. The van der Waals surface area contributed by atoms with Crippen molar-refractivity contribution >= 4 is 23.5 Å². The second-order valence-electron chi connectivity index (χ2n) is 8.35. The summed E-state index contributed by atoms with van der Waals surface area (Å²) < 4.78 is 11.3. The molecule has 2 aliphatic rings. The van der Waals surface area contributed by atoms with Gasteiger partial charge in [0.1, 0.15) is 17.9 Å². The largest absolute Gasteiger partial charge is 0.492 e. The van der Waals surface area contributed by atoms with E-state index in [4.69, 9.17) is 26.2 Å². The van der Waals surface area contributed by atoms with Crippen molar-refractivity contribution in [1.82, 2.24) is 10.6 Å². The number of aromatic carboxylic acids is 1. The lowest BCUT2D eigenvalue weighted by Gasteiger charge is -2.38. The Morgan fingerprint density at radius 1 is 1.06 bits per heavy atom. The third-order valence-corrected chi connectivity index (χ3v) is 6.43. The standard InChI is InChI=1S/C24H27ClN2O5/c25-19-2-1-3-20(16-19)32-15-12-26-24(10-13-31-14-11-24)22(30)27-23(8-9-23)18-6-4-17(5-7-18)21(28)29/h1-7,16,26H,8-15H2,(H,27,30)(H,28,29). The highest BCUT2D eigenvalue weighted by atomic mass is 35.5. The molecule has 2 aromatic carbocycles. The van der Waals surface area contributed by atoms with Crippen LogP contribution in [0, 0.1) is 0 Å². The molecule has 4 rings (SSSR count). The maximum absolute atomic E-state index is 13.5. The van der Waals surface area contributed by atoms with E-state index in [2.05, 4.69) is 10.6 Å². The Hall–Kier alpha value is -2.61. The number of benzene rings is 2. The fourth-order valence-electron chi connectivity index (χ4n) is 4.10. The van der Waals surface area contributed by atoms with Gasteiger partial charge in [-0.3, -0.25) is 10.1 Å². The van der Waals surface area contributed by atoms with Crippen LogP contribution in [0.4, 0.5) is 0 Å². The molecular formula is C24H27ClN2O5. The van der Waals surface area contributed by atoms with E-state index in [1.807, 2.05) is 12.1 Å². The van der Waals surface area contributed by atoms with Gasteiger partial charge in [0.05, 0.1) is 11.1 Å². The topological polar surface area (TPSA) is 96.9 Å². The fourth-order valence-corrected chi connectivity index (χ4v) is 4.28. The van der Waals surface area contributed by atoms with Crippen molar-refractivity contribution < 1.29 is 24.2 Å². The molecule has 7 nitrogen and oxygen atoms in total. The van der Waals surface area contributed by atoms with Gasteiger partial charge in [0.25, 0.3) is 0 Å². The van der Waals surface area contributed by atoms with Crippen molar-refractivity contribution in [2.45, 2.75) is 36.8 Å². The van der Waals surface area contributed by atoms with Gasteiger partial charge in [-0.1, -0.05) is 29.8 Å². The number of ether oxygens (including phenoxy) is 2. The summed E-state index contributed by atoms with van der Waals surface area (Å²) in [5.74, 6) is -0.328. The number of hydrogen-bond acceptors (Lipinski definition) is 5. The zero-order valence-electron chi connectivity index (χ0n) is 17.7. The predicted molar refractivity (Wildman–Crippen MR) is 120 cm³/mol. The number of nitrogens with one attached hydrogen (secondary N) is 2. The summed E-state index contributed by atoms with van der Waals surface area (Å²) in [6, 6.07) is 14.0. The van der Waals surface area contributed by atoms with Gasteiger partial charge >= 0.3 is 5.97 Å². The normalized spacial score (nSPS) is 18.5. The molecule has 0 radical (unpaired) electrons. The molecule has 2 aromatic rings. The summed E-state index contributed by atoms with van der Waals surface area (Å²) in [5.41, 5.74) is 0.00535. The summed E-state index contributed by atoms with van der Waals surface area (Å²) in [6.45, 7) is 1.92. The second kappa shape index (κ2) is 9.48. The molecule has 1 aliphatic heterocycles. The van der Waals surface area contributed by atoms with Crippen LogP contribution in [0.5, 0.6) is 5.75 Å². The monoisotopic (exact) mass is 458 g/mol. The van der Waals surface area contributed by atoms with E-state index in [-0.39, 0.29) is 11.5 Å². The summed E-state index contributed by atoms with van der Waals surface area (Å²) in [5, 5.41) is 16.4. The number of rotatable bonds is 9. The zero-order chi connectivity index (χ0) is 22.6. The molecule has 0 aromatic heterocycles. The van der Waals surface area contributed by atoms with E-state index < -0.39 is 17.0 Å². The van der Waals surface area contributed by atoms with Gasteiger partial charge in [0.15, 0.2) is 0 Å². The molecule has 8 heteroatoms. The minimum absolute atomic E-state index is 0.0524. The number of carbonyl (C=O) groups excluding carboxylic acids is 1. The Morgan fingerprint density at radius 3 is 2.41 bits per heavy atom. The first kappa shape index (κ1) is 22.6. The summed E-state index contributed by atoms with van der Waals surface area (Å²) in [6.07, 6.45) is 2.80. The minimum Gasteiger partial charge on any atom is -0.492 e. The number of halogens is 1. The van der Waals surface area contributed by atoms with Crippen LogP contribution in [0.2, 0.25) is 5.02 Å². The van der Waals surface area contributed by atoms with E-state index in [1.54, 1.807) is 36.4 Å². The van der Waals surface area contributed by atoms with Crippen LogP contribution in [0.25, 0.3) is 0 Å². The first-order chi connectivity index (χ1) is 15.4. The molecule has 0 spiro atoms. The predicted octanol–water partition coefficient (Wildman–Crippen LogP) is 3.36. The number of carboxylic acid groups (broad SMARTS) is 1. The van der Waals surface area contributed by atoms with Crippen molar-refractivity contribution in [3.05, 3.63) is 64.7 Å².